The molecule has 0 amide bonds. The molecule has 1 aliphatic rings. The van der Waals surface area contributed by atoms with Crippen molar-refractivity contribution in [1.82, 2.24) is 5.32 Å². The van der Waals surface area contributed by atoms with Gasteiger partial charge in [-0.15, -0.1) is 0 Å². The van der Waals surface area contributed by atoms with E-state index in [0.29, 0.717) is 12.5 Å². The summed E-state index contributed by atoms with van der Waals surface area (Å²) >= 11 is 0. The van der Waals surface area contributed by atoms with Crippen molar-refractivity contribution in [2.45, 2.75) is 38.5 Å². The van der Waals surface area contributed by atoms with Crippen molar-refractivity contribution in [3.63, 3.8) is 0 Å². The fourth-order valence-corrected chi connectivity index (χ4v) is 2.42. The van der Waals surface area contributed by atoms with Crippen LogP contribution in [0.25, 0.3) is 0 Å². The lowest BCUT2D eigenvalue weighted by atomic mass is 9.85. The van der Waals surface area contributed by atoms with Crippen molar-refractivity contribution in [1.29, 1.82) is 0 Å². The van der Waals surface area contributed by atoms with Crippen LogP contribution in [0.3, 0.4) is 0 Å². The highest BCUT2D eigenvalue weighted by molar-refractivity contribution is 5.77. The van der Waals surface area contributed by atoms with Crippen LogP contribution in [0.5, 0.6) is 5.75 Å². The van der Waals surface area contributed by atoms with Crippen molar-refractivity contribution in [3.8, 4) is 5.75 Å². The normalized spacial score (nSPS) is 16.4. The van der Waals surface area contributed by atoms with Gasteiger partial charge in [-0.05, 0) is 36.5 Å². The van der Waals surface area contributed by atoms with Gasteiger partial charge in [-0.2, -0.15) is 0 Å². The number of rotatable bonds is 6. The number of methoxy groups -OCH3 is 1. The predicted octanol–water partition coefficient (Wildman–Crippen LogP) is 2.68. The van der Waals surface area contributed by atoms with Gasteiger partial charge in [0.2, 0.25) is 0 Å². The van der Waals surface area contributed by atoms with Crippen LogP contribution in [-0.2, 0) is 5.41 Å². The maximum Gasteiger partial charge on any atom is 0.188 e. The molecule has 0 aliphatic heterocycles. The summed E-state index contributed by atoms with van der Waals surface area (Å²) in [5, 5.41) is 3.23. The Kier molecular flexibility index (Phi) is 5.10. The van der Waals surface area contributed by atoms with E-state index in [4.69, 9.17) is 10.5 Å². The topological polar surface area (TPSA) is 59.6 Å². The molecule has 0 bridgehead atoms. The average Bonchev–Trinajstić information content (AvgIpc) is 2.44. The Labute approximate surface area is 127 Å². The number of aliphatic imine (C=N–C) groups is 1. The lowest BCUT2D eigenvalue weighted by Crippen LogP contribution is -2.38. The van der Waals surface area contributed by atoms with E-state index in [1.807, 2.05) is 12.1 Å². The number of nitrogens with two attached hydrogens (primary N) is 1. The van der Waals surface area contributed by atoms with Crippen LogP contribution in [0.1, 0.15) is 38.7 Å². The molecule has 0 heterocycles. The highest BCUT2D eigenvalue weighted by Crippen LogP contribution is 2.26. The Balaban J connectivity index is 1.88. The van der Waals surface area contributed by atoms with Crippen LogP contribution in [0.15, 0.2) is 29.3 Å². The second kappa shape index (κ2) is 6.83. The first-order chi connectivity index (χ1) is 10.0. The predicted molar refractivity (Wildman–Crippen MR) is 87.9 cm³/mol. The van der Waals surface area contributed by atoms with Crippen molar-refractivity contribution in [2.75, 3.05) is 20.2 Å². The van der Waals surface area contributed by atoms with Gasteiger partial charge in [-0.25, -0.2) is 0 Å². The molecule has 116 valence electrons. The summed E-state index contributed by atoms with van der Waals surface area (Å²) in [7, 11) is 1.68. The largest absolute Gasteiger partial charge is 0.497 e. The summed E-state index contributed by atoms with van der Waals surface area (Å²) in [6, 6.07) is 8.15. The van der Waals surface area contributed by atoms with Crippen LogP contribution in [0.2, 0.25) is 0 Å². The second-order valence-corrected chi connectivity index (χ2v) is 6.49. The van der Waals surface area contributed by atoms with E-state index in [-0.39, 0.29) is 5.41 Å². The SMILES string of the molecule is COc1ccc(C(C)(C)CN=C(N)NCC2CCC2)cc1. The number of benzene rings is 1. The van der Waals surface area contributed by atoms with Crippen molar-refractivity contribution in [3.05, 3.63) is 29.8 Å². The van der Waals surface area contributed by atoms with Gasteiger partial charge < -0.3 is 15.8 Å². The molecule has 3 N–H and O–H groups in total. The van der Waals surface area contributed by atoms with E-state index in [1.54, 1.807) is 7.11 Å². The third kappa shape index (κ3) is 4.38. The molecular weight excluding hydrogens is 262 g/mol. The first-order valence-corrected chi connectivity index (χ1v) is 7.69. The van der Waals surface area contributed by atoms with Crippen LogP contribution in [0.4, 0.5) is 0 Å². The van der Waals surface area contributed by atoms with Gasteiger partial charge in [0.25, 0.3) is 0 Å². The Morgan fingerprint density at radius 1 is 1.33 bits per heavy atom. The fourth-order valence-electron chi connectivity index (χ4n) is 2.42. The van der Waals surface area contributed by atoms with Crippen molar-refractivity contribution >= 4 is 5.96 Å². The van der Waals surface area contributed by atoms with Crippen LogP contribution in [-0.4, -0.2) is 26.2 Å². The Hall–Kier alpha value is -1.71. The zero-order chi connectivity index (χ0) is 15.3. The highest BCUT2D eigenvalue weighted by Gasteiger charge is 2.21. The maximum absolute atomic E-state index is 5.95. The Bertz CT molecular complexity index is 475. The molecule has 0 radical (unpaired) electrons. The number of hydrogen-bond acceptors (Lipinski definition) is 2. The molecule has 0 atom stereocenters. The molecule has 4 heteroatoms. The van der Waals surface area contributed by atoms with Gasteiger partial charge in [0, 0.05) is 12.0 Å². The summed E-state index contributed by atoms with van der Waals surface area (Å²) in [4.78, 5) is 4.50. The van der Waals surface area contributed by atoms with Gasteiger partial charge in [0.15, 0.2) is 5.96 Å². The lowest BCUT2D eigenvalue weighted by Gasteiger charge is -2.26. The van der Waals surface area contributed by atoms with E-state index in [9.17, 15) is 0 Å². The van der Waals surface area contributed by atoms with E-state index >= 15 is 0 Å². The van der Waals surface area contributed by atoms with Crippen molar-refractivity contribution < 1.29 is 4.74 Å². The number of guanidine groups is 1. The molecule has 0 aromatic heterocycles. The maximum atomic E-state index is 5.95. The zero-order valence-corrected chi connectivity index (χ0v) is 13.4. The van der Waals surface area contributed by atoms with Gasteiger partial charge in [0.05, 0.1) is 13.7 Å². The summed E-state index contributed by atoms with van der Waals surface area (Å²) in [5.74, 6) is 2.22. The first-order valence-electron chi connectivity index (χ1n) is 7.69. The number of ether oxygens (including phenoxy) is 1. The van der Waals surface area contributed by atoms with Gasteiger partial charge >= 0.3 is 0 Å². The summed E-state index contributed by atoms with van der Waals surface area (Å²) in [5.41, 5.74) is 7.14. The standard InChI is InChI=1S/C17H27N3O/c1-17(2,14-7-9-15(21-3)10-8-14)12-20-16(18)19-11-13-5-4-6-13/h7-10,13H,4-6,11-12H2,1-3H3,(H3,18,19,20). The summed E-state index contributed by atoms with van der Waals surface area (Å²) in [6.07, 6.45) is 3.99. The zero-order valence-electron chi connectivity index (χ0n) is 13.4. The molecule has 21 heavy (non-hydrogen) atoms. The Morgan fingerprint density at radius 2 is 2.00 bits per heavy atom. The number of hydrogen-bond donors (Lipinski definition) is 2. The molecular formula is C17H27N3O. The van der Waals surface area contributed by atoms with Gasteiger partial charge in [-0.1, -0.05) is 32.4 Å². The molecule has 1 aliphatic carbocycles. The molecule has 1 fully saturated rings. The van der Waals surface area contributed by atoms with Gasteiger partial charge in [-0.3, -0.25) is 4.99 Å². The molecule has 1 aromatic carbocycles. The highest BCUT2D eigenvalue weighted by atomic mass is 16.5. The minimum atomic E-state index is -0.0466. The smallest absolute Gasteiger partial charge is 0.188 e. The van der Waals surface area contributed by atoms with Gasteiger partial charge in [0.1, 0.15) is 5.75 Å². The molecule has 2 rings (SSSR count). The first kappa shape index (κ1) is 15.7. The van der Waals surface area contributed by atoms with E-state index < -0.39 is 0 Å². The summed E-state index contributed by atoms with van der Waals surface area (Å²) < 4.78 is 5.19. The molecule has 0 unspecified atom stereocenters. The lowest BCUT2D eigenvalue weighted by molar-refractivity contribution is 0.315. The third-order valence-electron chi connectivity index (χ3n) is 4.31. The minimum absolute atomic E-state index is 0.0466. The van der Waals surface area contributed by atoms with E-state index in [0.717, 1.165) is 18.2 Å². The average molecular weight is 289 g/mol. The quantitative estimate of drug-likeness (QED) is 0.625. The molecule has 4 nitrogen and oxygen atoms in total. The monoisotopic (exact) mass is 289 g/mol. The van der Waals surface area contributed by atoms with E-state index in [2.05, 4.69) is 36.3 Å². The summed E-state index contributed by atoms with van der Waals surface area (Å²) in [6.45, 7) is 5.98. The molecule has 0 spiro atoms. The molecule has 1 aromatic rings. The van der Waals surface area contributed by atoms with Crippen molar-refractivity contribution in [2.24, 2.45) is 16.6 Å². The van der Waals surface area contributed by atoms with E-state index in [1.165, 1.54) is 24.8 Å². The fraction of sp³-hybridized carbons (Fsp3) is 0.588. The molecule has 1 saturated carbocycles. The third-order valence-corrected chi connectivity index (χ3v) is 4.31. The Morgan fingerprint density at radius 3 is 2.52 bits per heavy atom. The van der Waals surface area contributed by atoms with Crippen LogP contribution >= 0.6 is 0 Å². The van der Waals surface area contributed by atoms with Crippen LogP contribution in [0, 0.1) is 5.92 Å². The number of nitrogens with one attached hydrogen (secondary N) is 1. The molecule has 0 saturated heterocycles. The number of nitrogens with zero attached hydrogens (tertiary/aromatic N) is 1. The second-order valence-electron chi connectivity index (χ2n) is 6.49. The minimum Gasteiger partial charge on any atom is -0.497 e. The van der Waals surface area contributed by atoms with Crippen LogP contribution < -0.4 is 15.8 Å².